The first-order chi connectivity index (χ1) is 8.24. The van der Waals surface area contributed by atoms with Crippen molar-refractivity contribution in [1.29, 1.82) is 0 Å². The van der Waals surface area contributed by atoms with Crippen LogP contribution in [0.25, 0.3) is 11.4 Å². The van der Waals surface area contributed by atoms with Crippen LogP contribution in [0, 0.1) is 0 Å². The lowest BCUT2D eigenvalue weighted by Crippen LogP contribution is -2.04. The van der Waals surface area contributed by atoms with E-state index in [1.165, 1.54) is 24.0 Å². The number of benzene rings is 1. The molecule has 17 heavy (non-hydrogen) atoms. The van der Waals surface area contributed by atoms with Crippen molar-refractivity contribution in [2.75, 3.05) is 0 Å². The minimum atomic E-state index is -0.217. The molecule has 1 heterocycles. The minimum Gasteiger partial charge on any atom is -0.337 e. The zero-order chi connectivity index (χ0) is 11.8. The summed E-state index contributed by atoms with van der Waals surface area (Å²) < 4.78 is 5.11. The van der Waals surface area contributed by atoms with Crippen molar-refractivity contribution in [3.8, 4) is 11.4 Å². The highest BCUT2D eigenvalue weighted by Crippen LogP contribution is 2.27. The van der Waals surface area contributed by atoms with E-state index in [9.17, 15) is 0 Å². The number of fused-ring (bicyclic) bond motifs is 1. The molecule has 0 unspecified atom stereocenters. The number of rotatable bonds is 2. The van der Waals surface area contributed by atoms with Crippen molar-refractivity contribution < 1.29 is 4.52 Å². The minimum absolute atomic E-state index is 0.217. The molecule has 1 aliphatic rings. The maximum Gasteiger partial charge on any atom is 0.243 e. The summed E-state index contributed by atoms with van der Waals surface area (Å²) in [4.78, 5) is 4.30. The fraction of sp³-hybridized carbons (Fsp3) is 0.385. The van der Waals surface area contributed by atoms with Crippen LogP contribution in [0.3, 0.4) is 0 Å². The molecule has 0 bridgehead atoms. The fourth-order valence-electron chi connectivity index (χ4n) is 2.25. The number of hydrogen-bond donors (Lipinski definition) is 1. The molecule has 0 spiro atoms. The Morgan fingerprint density at radius 2 is 2.12 bits per heavy atom. The van der Waals surface area contributed by atoms with Crippen molar-refractivity contribution in [2.24, 2.45) is 5.73 Å². The molecule has 2 N–H and O–H groups in total. The van der Waals surface area contributed by atoms with Gasteiger partial charge in [-0.2, -0.15) is 4.98 Å². The van der Waals surface area contributed by atoms with Crippen LogP contribution in [0.15, 0.2) is 22.7 Å². The third-order valence-corrected chi connectivity index (χ3v) is 3.19. The Labute approximate surface area is 99.8 Å². The molecule has 0 amide bonds. The summed E-state index contributed by atoms with van der Waals surface area (Å²) in [6.45, 7) is 1.83. The Morgan fingerprint density at radius 3 is 2.88 bits per heavy atom. The smallest absolute Gasteiger partial charge is 0.243 e. The van der Waals surface area contributed by atoms with Gasteiger partial charge in [0.25, 0.3) is 0 Å². The molecule has 2 aromatic rings. The second-order valence-electron chi connectivity index (χ2n) is 4.58. The van der Waals surface area contributed by atoms with E-state index >= 15 is 0 Å². The predicted molar refractivity (Wildman–Crippen MR) is 64.4 cm³/mol. The van der Waals surface area contributed by atoms with Crippen LogP contribution in [-0.4, -0.2) is 10.1 Å². The first-order valence-electron chi connectivity index (χ1n) is 5.95. The lowest BCUT2D eigenvalue weighted by molar-refractivity contribution is 0.362. The molecule has 1 atom stereocenters. The van der Waals surface area contributed by atoms with Crippen LogP contribution >= 0.6 is 0 Å². The topological polar surface area (TPSA) is 64.9 Å². The largest absolute Gasteiger partial charge is 0.337 e. The lowest BCUT2D eigenvalue weighted by Gasteiger charge is -2.00. The van der Waals surface area contributed by atoms with Gasteiger partial charge in [0.2, 0.25) is 11.7 Å². The first-order valence-corrected chi connectivity index (χ1v) is 5.95. The van der Waals surface area contributed by atoms with Crippen LogP contribution in [0.4, 0.5) is 0 Å². The molecule has 1 aromatic carbocycles. The molecular weight excluding hydrogens is 214 g/mol. The third-order valence-electron chi connectivity index (χ3n) is 3.19. The van der Waals surface area contributed by atoms with Crippen LogP contribution in [-0.2, 0) is 12.8 Å². The van der Waals surface area contributed by atoms with E-state index in [0.29, 0.717) is 11.7 Å². The van der Waals surface area contributed by atoms with E-state index in [2.05, 4.69) is 28.3 Å². The summed E-state index contributed by atoms with van der Waals surface area (Å²) in [6.07, 6.45) is 3.59. The molecule has 0 saturated heterocycles. The monoisotopic (exact) mass is 229 g/mol. The normalized spacial score (nSPS) is 15.9. The van der Waals surface area contributed by atoms with Gasteiger partial charge in [-0.1, -0.05) is 17.3 Å². The molecule has 0 radical (unpaired) electrons. The SMILES string of the molecule is C[C@H](N)c1nc(-c2ccc3c(c2)CCC3)no1. The van der Waals surface area contributed by atoms with E-state index < -0.39 is 0 Å². The molecule has 88 valence electrons. The van der Waals surface area contributed by atoms with Crippen LogP contribution in [0.1, 0.15) is 36.4 Å². The van der Waals surface area contributed by atoms with Crippen molar-refractivity contribution >= 4 is 0 Å². The second-order valence-corrected chi connectivity index (χ2v) is 4.58. The van der Waals surface area contributed by atoms with E-state index in [1.54, 1.807) is 0 Å². The molecule has 1 aromatic heterocycles. The molecule has 3 rings (SSSR count). The molecule has 0 aliphatic heterocycles. The summed E-state index contributed by atoms with van der Waals surface area (Å²) >= 11 is 0. The Hall–Kier alpha value is -1.68. The fourth-order valence-corrected chi connectivity index (χ4v) is 2.25. The Morgan fingerprint density at radius 1 is 1.29 bits per heavy atom. The zero-order valence-corrected chi connectivity index (χ0v) is 9.81. The molecule has 1 aliphatic carbocycles. The Kier molecular flexibility index (Phi) is 2.44. The van der Waals surface area contributed by atoms with Gasteiger partial charge in [0, 0.05) is 5.56 Å². The van der Waals surface area contributed by atoms with Gasteiger partial charge < -0.3 is 10.3 Å². The zero-order valence-electron chi connectivity index (χ0n) is 9.81. The molecule has 0 fully saturated rings. The Balaban J connectivity index is 1.97. The van der Waals surface area contributed by atoms with Gasteiger partial charge in [-0.15, -0.1) is 0 Å². The van der Waals surface area contributed by atoms with Gasteiger partial charge in [0.05, 0.1) is 6.04 Å². The number of aryl methyl sites for hydroxylation is 2. The summed E-state index contributed by atoms with van der Waals surface area (Å²) in [7, 11) is 0. The van der Waals surface area contributed by atoms with Crippen molar-refractivity contribution in [3.05, 3.63) is 35.2 Å². The van der Waals surface area contributed by atoms with E-state index in [4.69, 9.17) is 10.3 Å². The van der Waals surface area contributed by atoms with Crippen LogP contribution in [0.5, 0.6) is 0 Å². The van der Waals surface area contributed by atoms with Crippen molar-refractivity contribution in [2.45, 2.75) is 32.2 Å². The highest BCUT2D eigenvalue weighted by atomic mass is 16.5. The first kappa shape index (κ1) is 10.5. The maximum absolute atomic E-state index is 5.70. The standard InChI is InChI=1S/C13H15N3O/c1-8(14)13-15-12(16-17-13)11-6-5-9-3-2-4-10(9)7-11/h5-8H,2-4,14H2,1H3/t8-/m0/s1. The second kappa shape index (κ2) is 3.96. The quantitative estimate of drug-likeness (QED) is 0.857. The van der Waals surface area contributed by atoms with Gasteiger partial charge in [-0.3, -0.25) is 0 Å². The number of aromatic nitrogens is 2. The number of nitrogens with zero attached hydrogens (tertiary/aromatic N) is 2. The average molecular weight is 229 g/mol. The summed E-state index contributed by atoms with van der Waals surface area (Å²) in [6, 6.07) is 6.17. The van der Waals surface area contributed by atoms with Gasteiger partial charge in [0.1, 0.15) is 0 Å². The highest BCUT2D eigenvalue weighted by Gasteiger charge is 2.15. The van der Waals surface area contributed by atoms with Crippen molar-refractivity contribution in [1.82, 2.24) is 10.1 Å². The number of hydrogen-bond acceptors (Lipinski definition) is 4. The van der Waals surface area contributed by atoms with Crippen molar-refractivity contribution in [3.63, 3.8) is 0 Å². The van der Waals surface area contributed by atoms with Crippen LogP contribution in [0.2, 0.25) is 0 Å². The van der Waals surface area contributed by atoms with E-state index in [-0.39, 0.29) is 6.04 Å². The van der Waals surface area contributed by atoms with Gasteiger partial charge in [-0.25, -0.2) is 0 Å². The summed E-state index contributed by atoms with van der Waals surface area (Å²) in [5.74, 6) is 1.12. The van der Waals surface area contributed by atoms with Gasteiger partial charge >= 0.3 is 0 Å². The molecule has 4 heteroatoms. The Bertz CT molecular complexity index is 545. The van der Waals surface area contributed by atoms with Gasteiger partial charge in [0.15, 0.2) is 0 Å². The maximum atomic E-state index is 5.70. The average Bonchev–Trinajstić information content (AvgIpc) is 2.97. The summed E-state index contributed by atoms with van der Waals surface area (Å²) in [5, 5.41) is 3.97. The third kappa shape index (κ3) is 1.85. The van der Waals surface area contributed by atoms with E-state index in [1.807, 2.05) is 6.92 Å². The summed E-state index contributed by atoms with van der Waals surface area (Å²) in [5.41, 5.74) is 9.57. The van der Waals surface area contributed by atoms with E-state index in [0.717, 1.165) is 12.0 Å². The predicted octanol–water partition coefficient (Wildman–Crippen LogP) is 2.25. The number of nitrogens with two attached hydrogens (primary N) is 1. The molecule has 0 saturated carbocycles. The van der Waals surface area contributed by atoms with Crippen LogP contribution < -0.4 is 5.73 Å². The van der Waals surface area contributed by atoms with Gasteiger partial charge in [-0.05, 0) is 43.4 Å². The lowest BCUT2D eigenvalue weighted by atomic mass is 10.1. The molecular formula is C13H15N3O. The molecule has 4 nitrogen and oxygen atoms in total. The highest BCUT2D eigenvalue weighted by molar-refractivity contribution is 5.57.